The second-order valence-electron chi connectivity index (χ2n) is 5.80. The van der Waals surface area contributed by atoms with Crippen molar-refractivity contribution in [2.45, 2.75) is 12.6 Å². The molecule has 136 valence electrons. The molecule has 0 radical (unpaired) electrons. The molecule has 6 nitrogen and oxygen atoms in total. The van der Waals surface area contributed by atoms with Gasteiger partial charge in [0, 0.05) is 36.8 Å². The van der Waals surface area contributed by atoms with Crippen LogP contribution in [0.4, 0.5) is 4.39 Å². The number of carbonyl (C=O) groups excluding carboxylic acids is 2. The average molecular weight is 365 g/mol. The highest BCUT2D eigenvalue weighted by Crippen LogP contribution is 2.15. The molecule has 0 unspecified atom stereocenters. The molecule has 3 rings (SSSR count). The number of hydrogen-bond acceptors (Lipinski definition) is 4. The van der Waals surface area contributed by atoms with Crippen LogP contribution >= 0.6 is 0 Å². The highest BCUT2D eigenvalue weighted by Gasteiger charge is 2.29. The van der Waals surface area contributed by atoms with Crippen molar-refractivity contribution in [1.82, 2.24) is 14.9 Å². The van der Waals surface area contributed by atoms with Gasteiger partial charge in [0.05, 0.1) is 0 Å². The molecule has 27 heavy (non-hydrogen) atoms. The first-order valence-corrected chi connectivity index (χ1v) is 8.20. The summed E-state index contributed by atoms with van der Waals surface area (Å²) in [6, 6.07) is 11.3. The molecule has 0 fully saturated rings. The van der Waals surface area contributed by atoms with Gasteiger partial charge in [0.2, 0.25) is 0 Å². The summed E-state index contributed by atoms with van der Waals surface area (Å²) in [5.41, 5.74) is 0.391. The van der Waals surface area contributed by atoms with Crippen molar-refractivity contribution in [2.24, 2.45) is 0 Å². The fraction of sp³-hybridized carbons (Fsp3) is 0.100. The van der Waals surface area contributed by atoms with Crippen LogP contribution in [0, 0.1) is 5.82 Å². The molecule has 0 aliphatic rings. The highest BCUT2D eigenvalue weighted by atomic mass is 19.1. The first kappa shape index (κ1) is 18.2. The average Bonchev–Trinajstić information content (AvgIpc) is 2.69. The second-order valence-corrected chi connectivity index (χ2v) is 5.80. The van der Waals surface area contributed by atoms with E-state index in [4.69, 9.17) is 0 Å². The Balaban J connectivity index is 1.91. The first-order valence-electron chi connectivity index (χ1n) is 8.20. The fourth-order valence-corrected chi connectivity index (χ4v) is 2.59. The maximum absolute atomic E-state index is 13.2. The number of hydrogen-bond donors (Lipinski definition) is 1. The Labute approximate surface area is 154 Å². The standard InChI is InChI=1S/C20H16FN3O3/c21-16-8-6-15(7-9-16)19(26)18(24-11-2-1-5-17(24)25)20(27)23-13-14-4-3-10-22-12-14/h1-12,18H,13H2,(H,23,27)/t18-/m0/s1. The topological polar surface area (TPSA) is 81.1 Å². The quantitative estimate of drug-likeness (QED) is 0.536. The molecule has 0 spiro atoms. The van der Waals surface area contributed by atoms with Gasteiger partial charge < -0.3 is 5.32 Å². The summed E-state index contributed by atoms with van der Waals surface area (Å²) < 4.78 is 14.2. The number of pyridine rings is 2. The Morgan fingerprint density at radius 3 is 2.52 bits per heavy atom. The maximum atomic E-state index is 13.2. The van der Waals surface area contributed by atoms with E-state index in [0.717, 1.165) is 22.3 Å². The molecular formula is C20H16FN3O3. The molecule has 0 bridgehead atoms. The number of rotatable bonds is 6. The zero-order valence-corrected chi connectivity index (χ0v) is 14.2. The van der Waals surface area contributed by atoms with E-state index in [-0.39, 0.29) is 12.1 Å². The number of nitrogens with zero attached hydrogens (tertiary/aromatic N) is 2. The minimum Gasteiger partial charge on any atom is -0.350 e. The van der Waals surface area contributed by atoms with E-state index in [1.807, 2.05) is 0 Å². The van der Waals surface area contributed by atoms with Crippen molar-refractivity contribution in [2.75, 3.05) is 0 Å². The molecule has 0 aliphatic carbocycles. The minimum atomic E-state index is -1.40. The normalized spacial score (nSPS) is 11.6. The summed E-state index contributed by atoms with van der Waals surface area (Å²) in [6.07, 6.45) is 4.57. The number of nitrogens with one attached hydrogen (secondary N) is 1. The SMILES string of the molecule is O=C(NCc1cccnc1)[C@H](C(=O)c1ccc(F)cc1)n1ccccc1=O. The van der Waals surface area contributed by atoms with Gasteiger partial charge in [-0.15, -0.1) is 0 Å². The molecule has 0 aliphatic heterocycles. The number of aromatic nitrogens is 2. The van der Waals surface area contributed by atoms with Crippen molar-refractivity contribution in [3.05, 3.63) is 100 Å². The zero-order valence-electron chi connectivity index (χ0n) is 14.2. The summed E-state index contributed by atoms with van der Waals surface area (Å²) in [5.74, 6) is -1.74. The van der Waals surface area contributed by atoms with Crippen LogP contribution in [0.2, 0.25) is 0 Å². The van der Waals surface area contributed by atoms with Crippen LogP contribution in [0.1, 0.15) is 22.0 Å². The van der Waals surface area contributed by atoms with Gasteiger partial charge >= 0.3 is 0 Å². The molecule has 2 aromatic heterocycles. The van der Waals surface area contributed by atoms with Gasteiger partial charge in [-0.3, -0.25) is 23.9 Å². The Morgan fingerprint density at radius 1 is 1.07 bits per heavy atom. The molecule has 0 saturated heterocycles. The van der Waals surface area contributed by atoms with E-state index >= 15 is 0 Å². The van der Waals surface area contributed by atoms with Gasteiger partial charge in [0.15, 0.2) is 11.8 Å². The van der Waals surface area contributed by atoms with Crippen LogP contribution in [0.15, 0.2) is 78.0 Å². The van der Waals surface area contributed by atoms with Crippen LogP contribution in [0.5, 0.6) is 0 Å². The monoisotopic (exact) mass is 365 g/mol. The third-order valence-electron chi connectivity index (χ3n) is 3.94. The number of amides is 1. The summed E-state index contributed by atoms with van der Waals surface area (Å²) in [5, 5.41) is 2.65. The molecule has 1 N–H and O–H groups in total. The summed E-state index contributed by atoms with van der Waals surface area (Å²) >= 11 is 0. The Kier molecular flexibility index (Phi) is 5.51. The van der Waals surface area contributed by atoms with Crippen molar-refractivity contribution in [3.63, 3.8) is 0 Å². The smallest absolute Gasteiger partial charge is 0.251 e. The van der Waals surface area contributed by atoms with E-state index in [1.54, 1.807) is 30.6 Å². The summed E-state index contributed by atoms with van der Waals surface area (Å²) in [4.78, 5) is 41.8. The lowest BCUT2D eigenvalue weighted by Crippen LogP contribution is -2.41. The molecule has 7 heteroatoms. The van der Waals surface area contributed by atoms with E-state index in [9.17, 15) is 18.8 Å². The highest BCUT2D eigenvalue weighted by molar-refractivity contribution is 6.11. The molecule has 1 atom stereocenters. The molecule has 1 aromatic carbocycles. The van der Waals surface area contributed by atoms with E-state index in [2.05, 4.69) is 10.3 Å². The number of benzene rings is 1. The molecule has 0 saturated carbocycles. The van der Waals surface area contributed by atoms with Gasteiger partial charge in [-0.05, 0) is 42.0 Å². The van der Waals surface area contributed by atoms with Crippen LogP contribution in [-0.4, -0.2) is 21.2 Å². The third kappa shape index (κ3) is 4.33. The Morgan fingerprint density at radius 2 is 1.85 bits per heavy atom. The number of halogens is 1. The molecule has 3 aromatic rings. The number of Topliss-reactive ketones (excluding diaryl/α,β-unsaturated/α-hetero) is 1. The van der Waals surface area contributed by atoms with Crippen LogP contribution in [0.25, 0.3) is 0 Å². The van der Waals surface area contributed by atoms with Crippen molar-refractivity contribution in [3.8, 4) is 0 Å². The lowest BCUT2D eigenvalue weighted by Gasteiger charge is -2.18. The summed E-state index contributed by atoms with van der Waals surface area (Å²) in [7, 11) is 0. The summed E-state index contributed by atoms with van der Waals surface area (Å²) in [6.45, 7) is 0.154. The van der Waals surface area contributed by atoms with Gasteiger partial charge in [-0.2, -0.15) is 0 Å². The largest absolute Gasteiger partial charge is 0.350 e. The van der Waals surface area contributed by atoms with E-state index in [0.29, 0.717) is 0 Å². The number of carbonyl (C=O) groups is 2. The van der Waals surface area contributed by atoms with Crippen LogP contribution in [-0.2, 0) is 11.3 Å². The van der Waals surface area contributed by atoms with Crippen molar-refractivity contribution >= 4 is 11.7 Å². The minimum absolute atomic E-state index is 0.133. The van der Waals surface area contributed by atoms with Crippen LogP contribution in [0.3, 0.4) is 0 Å². The predicted octanol–water partition coefficient (Wildman–Crippen LogP) is 2.12. The van der Waals surface area contributed by atoms with Crippen LogP contribution < -0.4 is 10.9 Å². The lowest BCUT2D eigenvalue weighted by molar-refractivity contribution is -0.123. The van der Waals surface area contributed by atoms with Gasteiger partial charge in [-0.1, -0.05) is 12.1 Å². The van der Waals surface area contributed by atoms with E-state index < -0.39 is 29.1 Å². The Bertz CT molecular complexity index is 1000. The first-order chi connectivity index (χ1) is 13.1. The number of ketones is 1. The maximum Gasteiger partial charge on any atom is 0.251 e. The van der Waals surface area contributed by atoms with Crippen molar-refractivity contribution in [1.29, 1.82) is 0 Å². The molecule has 2 heterocycles. The molecule has 1 amide bonds. The molecular weight excluding hydrogens is 349 g/mol. The predicted molar refractivity (Wildman–Crippen MR) is 96.6 cm³/mol. The lowest BCUT2D eigenvalue weighted by atomic mass is 10.0. The fourth-order valence-electron chi connectivity index (χ4n) is 2.59. The van der Waals surface area contributed by atoms with E-state index in [1.165, 1.54) is 30.5 Å². The van der Waals surface area contributed by atoms with Crippen molar-refractivity contribution < 1.29 is 14.0 Å². The second kappa shape index (κ2) is 8.18. The third-order valence-corrected chi connectivity index (χ3v) is 3.94. The zero-order chi connectivity index (χ0) is 19.2. The Hall–Kier alpha value is -3.61. The van der Waals surface area contributed by atoms with Gasteiger partial charge in [0.25, 0.3) is 11.5 Å². The van der Waals surface area contributed by atoms with Gasteiger partial charge in [0.1, 0.15) is 5.82 Å². The van der Waals surface area contributed by atoms with Gasteiger partial charge in [-0.25, -0.2) is 4.39 Å².